The zero-order chi connectivity index (χ0) is 18.3. The molecule has 0 spiro atoms. The van der Waals surface area contributed by atoms with E-state index in [1.54, 1.807) is 0 Å². The Kier molecular flexibility index (Phi) is 8.67. The third-order valence-corrected chi connectivity index (χ3v) is 5.50. The van der Waals surface area contributed by atoms with Crippen LogP contribution in [0.3, 0.4) is 0 Å². The maximum absolute atomic E-state index is 6.02. The lowest BCUT2D eigenvalue weighted by Gasteiger charge is -2.37. The van der Waals surface area contributed by atoms with Gasteiger partial charge in [0, 0.05) is 39.3 Å². The Bertz CT molecular complexity index is 353. The molecule has 0 bridgehead atoms. The van der Waals surface area contributed by atoms with E-state index < -0.39 is 0 Å². The Morgan fingerprint density at radius 3 is 1.88 bits per heavy atom. The number of nitrogens with zero attached hydrogens (tertiary/aromatic N) is 2. The molecule has 0 unspecified atom stereocenters. The van der Waals surface area contributed by atoms with Crippen molar-refractivity contribution in [2.75, 3.05) is 52.5 Å². The van der Waals surface area contributed by atoms with E-state index in [2.05, 4.69) is 44.4 Å². The third kappa shape index (κ3) is 8.85. The Morgan fingerprint density at radius 2 is 1.36 bits per heavy atom. The minimum atomic E-state index is 0.442. The fourth-order valence-corrected chi connectivity index (χ4v) is 3.34. The standard InChI is InChI=1S/C21H42N2O2/c1-18(2)6-14-24-19-16-20(17-19)25-15-13-23-11-9-22(10-12-23)8-7-21(3,4)5/h18-20H,6-17H2,1-5H3. The van der Waals surface area contributed by atoms with E-state index in [4.69, 9.17) is 9.47 Å². The van der Waals surface area contributed by atoms with E-state index in [1.807, 2.05) is 0 Å². The Morgan fingerprint density at radius 1 is 0.840 bits per heavy atom. The zero-order valence-corrected chi connectivity index (χ0v) is 17.4. The molecule has 0 aromatic rings. The van der Waals surface area contributed by atoms with Crippen LogP contribution in [-0.4, -0.2) is 74.5 Å². The highest BCUT2D eigenvalue weighted by molar-refractivity contribution is 4.81. The first-order chi connectivity index (χ1) is 11.8. The monoisotopic (exact) mass is 354 g/mol. The van der Waals surface area contributed by atoms with Gasteiger partial charge >= 0.3 is 0 Å². The van der Waals surface area contributed by atoms with Gasteiger partial charge in [-0.25, -0.2) is 0 Å². The highest BCUT2D eigenvalue weighted by Crippen LogP contribution is 2.26. The Labute approximate surface area is 156 Å². The normalized spacial score (nSPS) is 26.2. The fourth-order valence-electron chi connectivity index (χ4n) is 3.34. The molecule has 0 aromatic heterocycles. The lowest BCUT2D eigenvalue weighted by molar-refractivity contribution is -0.105. The van der Waals surface area contributed by atoms with Crippen LogP contribution in [0, 0.1) is 11.3 Å². The van der Waals surface area contributed by atoms with Crippen molar-refractivity contribution in [2.24, 2.45) is 11.3 Å². The number of hydrogen-bond donors (Lipinski definition) is 0. The molecule has 2 fully saturated rings. The highest BCUT2D eigenvalue weighted by Gasteiger charge is 2.30. The van der Waals surface area contributed by atoms with Crippen LogP contribution in [0.5, 0.6) is 0 Å². The summed E-state index contributed by atoms with van der Waals surface area (Å²) in [6, 6.07) is 0. The minimum Gasteiger partial charge on any atom is -0.378 e. The van der Waals surface area contributed by atoms with Gasteiger partial charge in [-0.15, -0.1) is 0 Å². The van der Waals surface area contributed by atoms with Crippen LogP contribution in [0.25, 0.3) is 0 Å². The molecular formula is C21H42N2O2. The molecule has 0 aromatic carbocycles. The molecule has 1 aliphatic heterocycles. The molecule has 0 amide bonds. The SMILES string of the molecule is CC(C)CCOC1CC(OCCN2CCN(CCC(C)(C)C)CC2)C1. The topological polar surface area (TPSA) is 24.9 Å². The summed E-state index contributed by atoms with van der Waals surface area (Å²) in [5, 5.41) is 0. The number of piperazine rings is 1. The predicted octanol–water partition coefficient (Wildman–Crippen LogP) is 3.65. The van der Waals surface area contributed by atoms with Crippen molar-refractivity contribution < 1.29 is 9.47 Å². The van der Waals surface area contributed by atoms with Crippen molar-refractivity contribution in [1.29, 1.82) is 0 Å². The van der Waals surface area contributed by atoms with Crippen LogP contribution in [0.2, 0.25) is 0 Å². The van der Waals surface area contributed by atoms with Gasteiger partial charge in [-0.2, -0.15) is 0 Å². The quantitative estimate of drug-likeness (QED) is 0.598. The Balaban J connectivity index is 1.44. The number of ether oxygens (including phenoxy) is 2. The minimum absolute atomic E-state index is 0.442. The van der Waals surface area contributed by atoms with E-state index in [9.17, 15) is 0 Å². The van der Waals surface area contributed by atoms with Crippen LogP contribution < -0.4 is 0 Å². The summed E-state index contributed by atoms with van der Waals surface area (Å²) < 4.78 is 11.9. The maximum Gasteiger partial charge on any atom is 0.0625 e. The van der Waals surface area contributed by atoms with Gasteiger partial charge in [0.05, 0.1) is 18.8 Å². The average molecular weight is 355 g/mol. The highest BCUT2D eigenvalue weighted by atomic mass is 16.5. The van der Waals surface area contributed by atoms with Gasteiger partial charge in [-0.3, -0.25) is 4.90 Å². The first-order valence-corrected chi connectivity index (χ1v) is 10.5. The summed E-state index contributed by atoms with van der Waals surface area (Å²) in [7, 11) is 0. The molecule has 25 heavy (non-hydrogen) atoms. The van der Waals surface area contributed by atoms with E-state index in [-0.39, 0.29) is 0 Å². The molecule has 148 valence electrons. The molecule has 1 saturated carbocycles. The molecule has 2 aliphatic rings. The summed E-state index contributed by atoms with van der Waals surface area (Å²) in [5.74, 6) is 0.737. The van der Waals surface area contributed by atoms with Crippen molar-refractivity contribution in [3.05, 3.63) is 0 Å². The largest absolute Gasteiger partial charge is 0.378 e. The summed E-state index contributed by atoms with van der Waals surface area (Å²) >= 11 is 0. The second-order valence-corrected chi connectivity index (χ2v) is 9.63. The van der Waals surface area contributed by atoms with E-state index in [0.29, 0.717) is 17.6 Å². The molecule has 4 nitrogen and oxygen atoms in total. The van der Waals surface area contributed by atoms with Crippen LogP contribution in [0.15, 0.2) is 0 Å². The Hall–Kier alpha value is -0.160. The molecule has 1 aliphatic carbocycles. The second kappa shape index (κ2) is 10.2. The number of hydrogen-bond acceptors (Lipinski definition) is 4. The van der Waals surface area contributed by atoms with Crippen LogP contribution in [0.4, 0.5) is 0 Å². The molecule has 1 heterocycles. The first kappa shape index (κ1) is 21.1. The van der Waals surface area contributed by atoms with Gasteiger partial charge in [-0.05, 0) is 43.6 Å². The first-order valence-electron chi connectivity index (χ1n) is 10.5. The van der Waals surface area contributed by atoms with Crippen LogP contribution in [0.1, 0.15) is 60.3 Å². The third-order valence-electron chi connectivity index (χ3n) is 5.50. The van der Waals surface area contributed by atoms with Crippen molar-refractivity contribution in [3.8, 4) is 0 Å². The fraction of sp³-hybridized carbons (Fsp3) is 1.00. The molecule has 4 heteroatoms. The molecular weight excluding hydrogens is 312 g/mol. The summed E-state index contributed by atoms with van der Waals surface area (Å²) in [6.07, 6.45) is 5.55. The van der Waals surface area contributed by atoms with Crippen molar-refractivity contribution in [3.63, 3.8) is 0 Å². The van der Waals surface area contributed by atoms with E-state index in [0.717, 1.165) is 38.5 Å². The lowest BCUT2D eigenvalue weighted by atomic mass is 9.92. The van der Waals surface area contributed by atoms with Crippen molar-refractivity contribution in [2.45, 2.75) is 72.5 Å². The molecule has 0 N–H and O–H groups in total. The van der Waals surface area contributed by atoms with Crippen molar-refractivity contribution in [1.82, 2.24) is 9.80 Å². The summed E-state index contributed by atoms with van der Waals surface area (Å²) in [5.41, 5.74) is 0.449. The van der Waals surface area contributed by atoms with Gasteiger partial charge in [0.15, 0.2) is 0 Å². The molecule has 2 rings (SSSR count). The summed E-state index contributed by atoms with van der Waals surface area (Å²) in [4.78, 5) is 5.18. The molecule has 0 radical (unpaired) electrons. The van der Waals surface area contributed by atoms with Crippen LogP contribution in [-0.2, 0) is 9.47 Å². The van der Waals surface area contributed by atoms with Gasteiger partial charge in [0.25, 0.3) is 0 Å². The lowest BCUT2D eigenvalue weighted by Crippen LogP contribution is -2.48. The maximum atomic E-state index is 6.02. The van der Waals surface area contributed by atoms with Gasteiger partial charge in [-0.1, -0.05) is 34.6 Å². The van der Waals surface area contributed by atoms with Gasteiger partial charge in [0.1, 0.15) is 0 Å². The molecule has 1 saturated heterocycles. The average Bonchev–Trinajstić information content (AvgIpc) is 2.50. The predicted molar refractivity (Wildman–Crippen MR) is 105 cm³/mol. The molecule has 0 atom stereocenters. The second-order valence-electron chi connectivity index (χ2n) is 9.63. The van der Waals surface area contributed by atoms with Gasteiger partial charge < -0.3 is 14.4 Å². The van der Waals surface area contributed by atoms with Crippen LogP contribution >= 0.6 is 0 Å². The smallest absolute Gasteiger partial charge is 0.0625 e. The van der Waals surface area contributed by atoms with Gasteiger partial charge in [0.2, 0.25) is 0 Å². The van der Waals surface area contributed by atoms with Crippen molar-refractivity contribution >= 4 is 0 Å². The van der Waals surface area contributed by atoms with E-state index >= 15 is 0 Å². The van der Waals surface area contributed by atoms with E-state index in [1.165, 1.54) is 45.6 Å². The summed E-state index contributed by atoms with van der Waals surface area (Å²) in [6.45, 7) is 20.4. The number of rotatable bonds is 10. The zero-order valence-electron chi connectivity index (χ0n) is 17.4.